The smallest absolute Gasteiger partial charge is 0.254 e. The number of fused-ring (bicyclic) bond motifs is 2. The summed E-state index contributed by atoms with van der Waals surface area (Å²) in [6.45, 7) is 0. The van der Waals surface area contributed by atoms with Gasteiger partial charge in [-0.15, -0.1) is 0 Å². The van der Waals surface area contributed by atoms with Gasteiger partial charge in [0.25, 0.3) is 5.56 Å². The minimum atomic E-state index is 0.0193. The Kier molecular flexibility index (Phi) is 2.84. The number of H-pyrrole nitrogens is 2. The van der Waals surface area contributed by atoms with E-state index in [1.165, 1.54) is 0 Å². The number of para-hydroxylation sites is 2. The molecule has 1 aliphatic rings. The number of rotatable bonds is 2. The Morgan fingerprint density at radius 2 is 1.81 bits per heavy atom. The van der Waals surface area contributed by atoms with Crippen molar-refractivity contribution in [3.05, 3.63) is 57.5 Å². The summed E-state index contributed by atoms with van der Waals surface area (Å²) in [6, 6.07) is 7.91. The number of aryl methyl sites for hydroxylation is 1. The third-order valence-corrected chi connectivity index (χ3v) is 4.01. The molecule has 0 fully saturated rings. The van der Waals surface area contributed by atoms with E-state index in [2.05, 4.69) is 19.9 Å². The van der Waals surface area contributed by atoms with Gasteiger partial charge in [0.1, 0.15) is 11.6 Å². The van der Waals surface area contributed by atoms with Crippen molar-refractivity contribution in [3.63, 3.8) is 0 Å². The molecule has 21 heavy (non-hydrogen) atoms. The van der Waals surface area contributed by atoms with Gasteiger partial charge in [-0.2, -0.15) is 0 Å². The molecule has 2 N–H and O–H groups in total. The lowest BCUT2D eigenvalue weighted by atomic mass is 9.97. The summed E-state index contributed by atoms with van der Waals surface area (Å²) in [4.78, 5) is 27.4. The molecule has 0 atom stereocenters. The summed E-state index contributed by atoms with van der Waals surface area (Å²) in [5, 5.41) is 0. The number of hydrogen-bond donors (Lipinski definition) is 2. The number of hydrogen-bond acceptors (Lipinski definition) is 3. The molecule has 3 aromatic rings. The zero-order valence-corrected chi connectivity index (χ0v) is 11.6. The van der Waals surface area contributed by atoms with Crippen LogP contribution in [0.4, 0.5) is 0 Å². The monoisotopic (exact) mass is 280 g/mol. The first kappa shape index (κ1) is 12.3. The minimum Gasteiger partial charge on any atom is -0.342 e. The standard InChI is InChI=1S/C16H16N4O/c21-16-10-5-1-2-6-11(10)17-15(20-16)9-14-18-12-7-3-4-8-13(12)19-14/h3-4,7-8H,1-2,5-6,9H2,(H,18,19)(H,17,20,21). The van der Waals surface area contributed by atoms with Crippen LogP contribution in [0.15, 0.2) is 29.1 Å². The van der Waals surface area contributed by atoms with E-state index in [4.69, 9.17) is 0 Å². The maximum atomic E-state index is 12.1. The summed E-state index contributed by atoms with van der Waals surface area (Å²) in [5.74, 6) is 1.52. The molecule has 0 saturated heterocycles. The van der Waals surface area contributed by atoms with E-state index in [-0.39, 0.29) is 5.56 Å². The fourth-order valence-corrected chi connectivity index (χ4v) is 2.99. The Balaban J connectivity index is 1.70. The molecular formula is C16H16N4O. The fourth-order valence-electron chi connectivity index (χ4n) is 2.99. The van der Waals surface area contributed by atoms with Crippen molar-refractivity contribution in [2.75, 3.05) is 0 Å². The van der Waals surface area contributed by atoms with Crippen LogP contribution in [0.1, 0.15) is 35.7 Å². The highest BCUT2D eigenvalue weighted by Gasteiger charge is 2.16. The number of nitrogens with zero attached hydrogens (tertiary/aromatic N) is 2. The van der Waals surface area contributed by atoms with E-state index in [1.807, 2.05) is 24.3 Å². The first-order chi connectivity index (χ1) is 10.3. The van der Waals surface area contributed by atoms with Gasteiger partial charge in [0.05, 0.1) is 23.1 Å². The SMILES string of the molecule is O=c1[nH]c(Cc2nc3ccccc3[nH]2)nc2c1CCCC2. The minimum absolute atomic E-state index is 0.0193. The van der Waals surface area contributed by atoms with Crippen LogP contribution >= 0.6 is 0 Å². The van der Waals surface area contributed by atoms with Crippen LogP contribution in [0, 0.1) is 0 Å². The molecule has 5 heteroatoms. The summed E-state index contributed by atoms with van der Waals surface area (Å²) in [6.07, 6.45) is 4.49. The number of benzene rings is 1. The molecule has 0 unspecified atom stereocenters. The molecule has 0 radical (unpaired) electrons. The first-order valence-electron chi connectivity index (χ1n) is 7.34. The van der Waals surface area contributed by atoms with Gasteiger partial charge < -0.3 is 9.97 Å². The molecule has 0 bridgehead atoms. The first-order valence-corrected chi connectivity index (χ1v) is 7.34. The zero-order valence-electron chi connectivity index (χ0n) is 11.6. The predicted molar refractivity (Wildman–Crippen MR) is 80.4 cm³/mol. The predicted octanol–water partition coefficient (Wildman–Crippen LogP) is 2.12. The van der Waals surface area contributed by atoms with Crippen LogP contribution in [0.25, 0.3) is 11.0 Å². The molecule has 1 aromatic carbocycles. The second-order valence-electron chi connectivity index (χ2n) is 5.52. The summed E-state index contributed by atoms with van der Waals surface area (Å²) >= 11 is 0. The van der Waals surface area contributed by atoms with Crippen LogP contribution in [0.3, 0.4) is 0 Å². The van der Waals surface area contributed by atoms with Crippen molar-refractivity contribution in [3.8, 4) is 0 Å². The molecule has 0 saturated carbocycles. The highest BCUT2D eigenvalue weighted by molar-refractivity contribution is 5.74. The fraction of sp³-hybridized carbons (Fsp3) is 0.312. The van der Waals surface area contributed by atoms with Gasteiger partial charge in [0.2, 0.25) is 0 Å². The van der Waals surface area contributed by atoms with Gasteiger partial charge in [-0.25, -0.2) is 9.97 Å². The van der Waals surface area contributed by atoms with Crippen molar-refractivity contribution in [2.45, 2.75) is 32.1 Å². The van der Waals surface area contributed by atoms with Gasteiger partial charge in [-0.05, 0) is 37.8 Å². The van der Waals surface area contributed by atoms with E-state index in [9.17, 15) is 4.79 Å². The summed E-state index contributed by atoms with van der Waals surface area (Å²) < 4.78 is 0. The van der Waals surface area contributed by atoms with Gasteiger partial charge >= 0.3 is 0 Å². The molecular weight excluding hydrogens is 264 g/mol. The number of aromatic nitrogens is 4. The molecule has 4 rings (SSSR count). The molecule has 0 aliphatic heterocycles. The second kappa shape index (κ2) is 4.84. The summed E-state index contributed by atoms with van der Waals surface area (Å²) in [7, 11) is 0. The number of nitrogens with one attached hydrogen (secondary N) is 2. The van der Waals surface area contributed by atoms with Crippen molar-refractivity contribution in [1.29, 1.82) is 0 Å². The third kappa shape index (κ3) is 2.24. The van der Waals surface area contributed by atoms with Crippen LogP contribution in [-0.4, -0.2) is 19.9 Å². The Morgan fingerprint density at radius 3 is 2.71 bits per heavy atom. The van der Waals surface area contributed by atoms with E-state index in [0.29, 0.717) is 12.2 Å². The lowest BCUT2D eigenvalue weighted by Crippen LogP contribution is -2.23. The number of aromatic amines is 2. The molecule has 0 spiro atoms. The van der Waals surface area contributed by atoms with E-state index < -0.39 is 0 Å². The van der Waals surface area contributed by atoms with Gasteiger partial charge in [-0.1, -0.05) is 12.1 Å². The van der Waals surface area contributed by atoms with Crippen molar-refractivity contribution in [2.24, 2.45) is 0 Å². The Morgan fingerprint density at radius 1 is 1.00 bits per heavy atom. The molecule has 2 heterocycles. The van der Waals surface area contributed by atoms with Crippen molar-refractivity contribution >= 4 is 11.0 Å². The molecule has 106 valence electrons. The average molecular weight is 280 g/mol. The lowest BCUT2D eigenvalue weighted by Gasteiger charge is -2.14. The largest absolute Gasteiger partial charge is 0.342 e. The molecule has 2 aromatic heterocycles. The highest BCUT2D eigenvalue weighted by Crippen LogP contribution is 2.17. The van der Waals surface area contributed by atoms with E-state index in [0.717, 1.165) is 53.8 Å². The quantitative estimate of drug-likeness (QED) is 0.755. The maximum absolute atomic E-state index is 12.1. The lowest BCUT2D eigenvalue weighted by molar-refractivity contribution is 0.648. The van der Waals surface area contributed by atoms with Crippen LogP contribution in [0.2, 0.25) is 0 Å². The van der Waals surface area contributed by atoms with Gasteiger partial charge in [0.15, 0.2) is 0 Å². The van der Waals surface area contributed by atoms with Gasteiger partial charge in [0, 0.05) is 5.56 Å². The maximum Gasteiger partial charge on any atom is 0.254 e. The highest BCUT2D eigenvalue weighted by atomic mass is 16.1. The van der Waals surface area contributed by atoms with Gasteiger partial charge in [-0.3, -0.25) is 4.79 Å². The molecule has 1 aliphatic carbocycles. The Labute approximate surface area is 121 Å². The average Bonchev–Trinajstić information content (AvgIpc) is 2.89. The Hall–Kier alpha value is -2.43. The second-order valence-corrected chi connectivity index (χ2v) is 5.52. The Bertz CT molecular complexity index is 829. The van der Waals surface area contributed by atoms with E-state index >= 15 is 0 Å². The van der Waals surface area contributed by atoms with Crippen LogP contribution < -0.4 is 5.56 Å². The van der Waals surface area contributed by atoms with Crippen molar-refractivity contribution < 1.29 is 0 Å². The normalized spacial score (nSPS) is 14.3. The van der Waals surface area contributed by atoms with Crippen LogP contribution in [-0.2, 0) is 19.3 Å². The molecule has 5 nitrogen and oxygen atoms in total. The topological polar surface area (TPSA) is 74.4 Å². The van der Waals surface area contributed by atoms with Crippen molar-refractivity contribution in [1.82, 2.24) is 19.9 Å². The number of imidazole rings is 1. The summed E-state index contributed by atoms with van der Waals surface area (Å²) in [5.41, 5.74) is 3.80. The zero-order chi connectivity index (χ0) is 14.2. The molecule has 0 amide bonds. The van der Waals surface area contributed by atoms with E-state index in [1.54, 1.807) is 0 Å². The van der Waals surface area contributed by atoms with Crippen LogP contribution in [0.5, 0.6) is 0 Å². The third-order valence-electron chi connectivity index (χ3n) is 4.01.